The van der Waals surface area contributed by atoms with Crippen molar-refractivity contribution in [1.29, 1.82) is 0 Å². The molecule has 0 unspecified atom stereocenters. The fourth-order valence-electron chi connectivity index (χ4n) is 1.67. The first-order valence-electron chi connectivity index (χ1n) is 4.19. The van der Waals surface area contributed by atoms with Gasteiger partial charge in [-0.3, -0.25) is 0 Å². The maximum Gasteiger partial charge on any atom is 0.145 e. The summed E-state index contributed by atoms with van der Waals surface area (Å²) in [5.41, 5.74) is 0. The number of hydrogen-bond acceptors (Lipinski definition) is 2. The van der Waals surface area contributed by atoms with Crippen LogP contribution in [0.2, 0.25) is 0 Å². The Labute approximate surface area is 72.2 Å². The highest BCUT2D eigenvalue weighted by Crippen LogP contribution is 2.26. The normalized spacial score (nSPS) is 22.1. The van der Waals surface area contributed by atoms with Crippen LogP contribution in [-0.4, -0.2) is 10.4 Å². The molecule has 1 aliphatic carbocycles. The number of hydrogen-bond donors (Lipinski definition) is 1. The summed E-state index contributed by atoms with van der Waals surface area (Å²) in [4.78, 5) is 0. The van der Waals surface area contributed by atoms with Crippen LogP contribution < -0.4 is 0 Å². The fraction of sp³-hybridized carbons (Fsp3) is 0.875. The van der Waals surface area contributed by atoms with Gasteiger partial charge < -0.3 is 5.21 Å². The van der Waals surface area contributed by atoms with Crippen molar-refractivity contribution >= 4 is 16.8 Å². The third-order valence-electron chi connectivity index (χ3n) is 2.29. The lowest BCUT2D eigenvalue weighted by atomic mass is 9.87. The Balaban J connectivity index is 2.24. The Kier molecular flexibility index (Phi) is 3.70. The second kappa shape index (κ2) is 4.60. The van der Waals surface area contributed by atoms with E-state index in [-0.39, 0.29) is 0 Å². The smallest absolute Gasteiger partial charge is 0.145 e. The van der Waals surface area contributed by atoms with Crippen LogP contribution in [-0.2, 0) is 0 Å². The molecule has 1 rings (SSSR count). The molecule has 1 aliphatic rings. The molecule has 0 spiro atoms. The van der Waals surface area contributed by atoms with Crippen molar-refractivity contribution in [3.63, 3.8) is 0 Å². The van der Waals surface area contributed by atoms with E-state index in [9.17, 15) is 0 Å². The van der Waals surface area contributed by atoms with E-state index in [2.05, 4.69) is 5.16 Å². The lowest BCUT2D eigenvalue weighted by Gasteiger charge is -2.19. The van der Waals surface area contributed by atoms with Crippen LogP contribution in [0, 0.1) is 5.92 Å². The van der Waals surface area contributed by atoms with Gasteiger partial charge in [0.25, 0.3) is 0 Å². The van der Waals surface area contributed by atoms with Crippen molar-refractivity contribution in [2.75, 3.05) is 0 Å². The van der Waals surface area contributed by atoms with Gasteiger partial charge in [0.1, 0.15) is 5.17 Å². The Morgan fingerprint density at radius 2 is 2.00 bits per heavy atom. The molecule has 0 aliphatic heterocycles. The first-order valence-corrected chi connectivity index (χ1v) is 4.57. The van der Waals surface area contributed by atoms with Gasteiger partial charge in [-0.2, -0.15) is 0 Å². The summed E-state index contributed by atoms with van der Waals surface area (Å²) in [6.07, 6.45) is 7.21. The Morgan fingerprint density at radius 3 is 2.55 bits per heavy atom. The highest BCUT2D eigenvalue weighted by molar-refractivity contribution is 6.65. The Bertz CT molecular complexity index is 141. The van der Waals surface area contributed by atoms with Crippen molar-refractivity contribution in [2.24, 2.45) is 11.1 Å². The third-order valence-corrected chi connectivity index (χ3v) is 2.52. The zero-order valence-electron chi connectivity index (χ0n) is 6.59. The van der Waals surface area contributed by atoms with Crippen molar-refractivity contribution < 1.29 is 5.21 Å². The van der Waals surface area contributed by atoms with E-state index in [1.165, 1.54) is 32.1 Å². The molecule has 0 radical (unpaired) electrons. The van der Waals surface area contributed by atoms with Gasteiger partial charge in [-0.05, 0) is 5.92 Å². The van der Waals surface area contributed by atoms with Gasteiger partial charge in [0, 0.05) is 6.42 Å². The van der Waals surface area contributed by atoms with E-state index in [4.69, 9.17) is 16.8 Å². The van der Waals surface area contributed by atoms with Gasteiger partial charge in [-0.25, -0.2) is 0 Å². The molecule has 0 atom stereocenters. The molecule has 0 amide bonds. The third kappa shape index (κ3) is 3.10. The molecule has 1 fully saturated rings. The number of oxime groups is 1. The molecule has 0 heterocycles. The van der Waals surface area contributed by atoms with Crippen molar-refractivity contribution in [3.05, 3.63) is 0 Å². The number of rotatable bonds is 2. The predicted molar refractivity (Wildman–Crippen MR) is 46.3 cm³/mol. The Hall–Kier alpha value is -0.240. The maximum atomic E-state index is 8.32. The molecule has 3 heteroatoms. The summed E-state index contributed by atoms with van der Waals surface area (Å²) in [6.45, 7) is 0. The average Bonchev–Trinajstić information content (AvgIpc) is 2.06. The summed E-state index contributed by atoms with van der Waals surface area (Å²) in [5, 5.41) is 11.6. The molecule has 0 aromatic heterocycles. The minimum absolute atomic E-state index is 0.358. The maximum absolute atomic E-state index is 8.32. The lowest BCUT2D eigenvalue weighted by Crippen LogP contribution is -2.08. The quantitative estimate of drug-likeness (QED) is 0.391. The molecule has 11 heavy (non-hydrogen) atoms. The van der Waals surface area contributed by atoms with Gasteiger partial charge in [0.15, 0.2) is 0 Å². The molecule has 0 saturated heterocycles. The van der Waals surface area contributed by atoms with E-state index in [1.807, 2.05) is 0 Å². The minimum Gasteiger partial charge on any atom is -0.410 e. The van der Waals surface area contributed by atoms with Crippen LogP contribution in [0.1, 0.15) is 38.5 Å². The molecule has 0 aromatic rings. The lowest BCUT2D eigenvalue weighted by molar-refractivity contribution is 0.313. The predicted octanol–water partition coefficient (Wildman–Crippen LogP) is 2.98. The van der Waals surface area contributed by atoms with Gasteiger partial charge in [0.2, 0.25) is 0 Å². The molecule has 0 aromatic carbocycles. The number of nitrogens with zero attached hydrogens (tertiary/aromatic N) is 1. The van der Waals surface area contributed by atoms with Crippen LogP contribution >= 0.6 is 11.6 Å². The standard InChI is InChI=1S/C8H14ClNO/c9-8(10-11)6-7-4-2-1-3-5-7/h7,11H,1-6H2. The summed E-state index contributed by atoms with van der Waals surface area (Å²) >= 11 is 5.60. The Morgan fingerprint density at radius 1 is 1.36 bits per heavy atom. The molecule has 1 saturated carbocycles. The van der Waals surface area contributed by atoms with E-state index in [1.54, 1.807) is 0 Å². The molecule has 0 bridgehead atoms. The molecule has 64 valence electrons. The van der Waals surface area contributed by atoms with Crippen molar-refractivity contribution in [3.8, 4) is 0 Å². The van der Waals surface area contributed by atoms with E-state index < -0.39 is 0 Å². The highest BCUT2D eigenvalue weighted by Gasteiger charge is 2.14. The SMILES string of the molecule is ON=C(Cl)CC1CCCCC1. The van der Waals surface area contributed by atoms with Crippen LogP contribution in [0.15, 0.2) is 5.16 Å². The second-order valence-corrected chi connectivity index (χ2v) is 3.62. The van der Waals surface area contributed by atoms with Gasteiger partial charge >= 0.3 is 0 Å². The topological polar surface area (TPSA) is 32.6 Å². The van der Waals surface area contributed by atoms with E-state index in [0.29, 0.717) is 11.1 Å². The average molecular weight is 176 g/mol. The summed E-state index contributed by atoms with van der Waals surface area (Å²) in [6, 6.07) is 0. The highest BCUT2D eigenvalue weighted by atomic mass is 35.5. The van der Waals surface area contributed by atoms with E-state index >= 15 is 0 Å². The summed E-state index contributed by atoms with van der Waals surface area (Å²) < 4.78 is 0. The van der Waals surface area contributed by atoms with Gasteiger partial charge in [-0.1, -0.05) is 48.9 Å². The van der Waals surface area contributed by atoms with Crippen molar-refractivity contribution in [1.82, 2.24) is 0 Å². The van der Waals surface area contributed by atoms with Crippen LogP contribution in [0.25, 0.3) is 0 Å². The molecule has 1 N–H and O–H groups in total. The van der Waals surface area contributed by atoms with Crippen molar-refractivity contribution in [2.45, 2.75) is 38.5 Å². The van der Waals surface area contributed by atoms with Crippen LogP contribution in [0.5, 0.6) is 0 Å². The second-order valence-electron chi connectivity index (χ2n) is 3.18. The van der Waals surface area contributed by atoms with E-state index in [0.717, 1.165) is 6.42 Å². The first kappa shape index (κ1) is 8.85. The zero-order valence-corrected chi connectivity index (χ0v) is 7.35. The monoisotopic (exact) mass is 175 g/mol. The van der Waals surface area contributed by atoms with Crippen LogP contribution in [0.3, 0.4) is 0 Å². The molecule has 2 nitrogen and oxygen atoms in total. The van der Waals surface area contributed by atoms with Gasteiger partial charge in [-0.15, -0.1) is 0 Å². The summed E-state index contributed by atoms with van der Waals surface area (Å²) in [7, 11) is 0. The largest absolute Gasteiger partial charge is 0.410 e. The van der Waals surface area contributed by atoms with Crippen LogP contribution in [0.4, 0.5) is 0 Å². The first-order chi connectivity index (χ1) is 5.33. The fourth-order valence-corrected chi connectivity index (χ4v) is 1.89. The zero-order chi connectivity index (χ0) is 8.10. The number of halogens is 1. The molecular formula is C8H14ClNO. The summed E-state index contributed by atoms with van der Waals surface area (Å²) in [5.74, 6) is 0.659. The van der Waals surface area contributed by atoms with Gasteiger partial charge in [0.05, 0.1) is 0 Å². The molecular weight excluding hydrogens is 162 g/mol. The minimum atomic E-state index is 0.358.